The van der Waals surface area contributed by atoms with Crippen LogP contribution in [0.3, 0.4) is 0 Å². The van der Waals surface area contributed by atoms with E-state index in [9.17, 15) is 9.50 Å². The third-order valence-corrected chi connectivity index (χ3v) is 4.73. The van der Waals surface area contributed by atoms with Crippen molar-refractivity contribution in [2.24, 2.45) is 5.41 Å². The number of halogens is 1. The van der Waals surface area contributed by atoms with Gasteiger partial charge < -0.3 is 10.4 Å². The van der Waals surface area contributed by atoms with Crippen molar-refractivity contribution >= 4 is 16.7 Å². The second kappa shape index (κ2) is 7.15. The summed E-state index contributed by atoms with van der Waals surface area (Å²) in [6.45, 7) is 4.33. The van der Waals surface area contributed by atoms with Gasteiger partial charge in [-0.2, -0.15) is 0 Å². The van der Waals surface area contributed by atoms with E-state index in [0.29, 0.717) is 23.3 Å². The molecule has 25 heavy (non-hydrogen) atoms. The van der Waals surface area contributed by atoms with Crippen LogP contribution >= 0.6 is 0 Å². The van der Waals surface area contributed by atoms with Crippen LogP contribution in [0.1, 0.15) is 19.4 Å². The number of aromatic nitrogens is 2. The third-order valence-electron chi connectivity index (χ3n) is 4.73. The van der Waals surface area contributed by atoms with Gasteiger partial charge in [0.1, 0.15) is 23.5 Å². The minimum Gasteiger partial charge on any atom is -0.393 e. The Labute approximate surface area is 146 Å². The van der Waals surface area contributed by atoms with Crippen molar-refractivity contribution < 1.29 is 9.50 Å². The molecule has 0 aliphatic rings. The van der Waals surface area contributed by atoms with E-state index >= 15 is 0 Å². The number of fused-ring (bicyclic) bond motifs is 1. The Morgan fingerprint density at radius 2 is 1.88 bits per heavy atom. The molecule has 0 aliphatic heterocycles. The van der Waals surface area contributed by atoms with Gasteiger partial charge in [-0.25, -0.2) is 14.4 Å². The molecule has 2 unspecified atom stereocenters. The smallest absolute Gasteiger partial charge is 0.149 e. The van der Waals surface area contributed by atoms with Gasteiger partial charge in [0, 0.05) is 17.3 Å². The monoisotopic (exact) mass is 339 g/mol. The van der Waals surface area contributed by atoms with Crippen molar-refractivity contribution in [1.29, 1.82) is 0 Å². The fourth-order valence-corrected chi connectivity index (χ4v) is 2.90. The lowest BCUT2D eigenvalue weighted by atomic mass is 9.79. The molecule has 3 rings (SSSR count). The topological polar surface area (TPSA) is 58.0 Å². The highest BCUT2D eigenvalue weighted by molar-refractivity contribution is 5.89. The number of hydrogen-bond donors (Lipinski definition) is 2. The maximum atomic E-state index is 13.9. The number of rotatable bonds is 6. The summed E-state index contributed by atoms with van der Waals surface area (Å²) in [6, 6.07) is 14.9. The molecule has 4 nitrogen and oxygen atoms in total. The van der Waals surface area contributed by atoms with Crippen LogP contribution in [0, 0.1) is 11.2 Å². The highest BCUT2D eigenvalue weighted by Crippen LogP contribution is 2.29. The van der Waals surface area contributed by atoms with Crippen LogP contribution < -0.4 is 5.32 Å². The molecule has 0 spiro atoms. The van der Waals surface area contributed by atoms with E-state index in [0.717, 1.165) is 12.0 Å². The molecular formula is C20H22FN3O. The fraction of sp³-hybridized carbons (Fsp3) is 0.300. The molecule has 3 aromatic rings. The Morgan fingerprint density at radius 1 is 1.12 bits per heavy atom. The molecule has 130 valence electrons. The van der Waals surface area contributed by atoms with Crippen molar-refractivity contribution in [2.45, 2.75) is 26.4 Å². The Morgan fingerprint density at radius 3 is 2.60 bits per heavy atom. The molecule has 0 saturated carbocycles. The van der Waals surface area contributed by atoms with Gasteiger partial charge in [-0.1, -0.05) is 43.3 Å². The molecule has 0 radical (unpaired) electrons. The van der Waals surface area contributed by atoms with Crippen LogP contribution in [0.2, 0.25) is 0 Å². The van der Waals surface area contributed by atoms with E-state index in [4.69, 9.17) is 0 Å². The SMILES string of the molecule is CC(O)C(C)(CNc1ncnc2c(F)cccc12)Cc1ccccc1. The molecular weight excluding hydrogens is 317 g/mol. The average Bonchev–Trinajstić information content (AvgIpc) is 2.61. The number of anilines is 1. The summed E-state index contributed by atoms with van der Waals surface area (Å²) in [5.74, 6) is 0.204. The van der Waals surface area contributed by atoms with Gasteiger partial charge in [0.25, 0.3) is 0 Å². The first kappa shape index (κ1) is 17.3. The predicted octanol–water partition coefficient (Wildman–Crippen LogP) is 3.81. The van der Waals surface area contributed by atoms with Gasteiger partial charge in [0.05, 0.1) is 6.10 Å². The summed E-state index contributed by atoms with van der Waals surface area (Å²) >= 11 is 0. The van der Waals surface area contributed by atoms with Crippen LogP contribution in [0.5, 0.6) is 0 Å². The first-order valence-electron chi connectivity index (χ1n) is 8.35. The van der Waals surface area contributed by atoms with Gasteiger partial charge in [-0.05, 0) is 31.0 Å². The Hall–Kier alpha value is -2.53. The zero-order valence-corrected chi connectivity index (χ0v) is 14.4. The molecule has 2 atom stereocenters. The maximum absolute atomic E-state index is 13.9. The molecule has 1 heterocycles. The Kier molecular flexibility index (Phi) is 4.95. The summed E-state index contributed by atoms with van der Waals surface area (Å²) in [7, 11) is 0. The summed E-state index contributed by atoms with van der Waals surface area (Å²) in [5.41, 5.74) is 1.06. The van der Waals surface area contributed by atoms with E-state index in [1.807, 2.05) is 25.1 Å². The van der Waals surface area contributed by atoms with E-state index < -0.39 is 11.5 Å². The van der Waals surface area contributed by atoms with Gasteiger partial charge in [0.15, 0.2) is 0 Å². The van der Waals surface area contributed by atoms with Crippen LogP contribution in [-0.4, -0.2) is 27.7 Å². The van der Waals surface area contributed by atoms with Gasteiger partial charge in [-0.3, -0.25) is 0 Å². The van der Waals surface area contributed by atoms with Crippen molar-refractivity contribution in [3.8, 4) is 0 Å². The van der Waals surface area contributed by atoms with Crippen LogP contribution in [0.25, 0.3) is 10.9 Å². The van der Waals surface area contributed by atoms with Crippen molar-refractivity contribution in [2.75, 3.05) is 11.9 Å². The number of aliphatic hydroxyl groups excluding tert-OH is 1. The normalized spacial score (nSPS) is 14.9. The molecule has 1 aromatic heterocycles. The second-order valence-electron chi connectivity index (χ2n) is 6.70. The van der Waals surface area contributed by atoms with Crippen LogP contribution in [0.15, 0.2) is 54.9 Å². The summed E-state index contributed by atoms with van der Waals surface area (Å²) < 4.78 is 13.9. The van der Waals surface area contributed by atoms with Gasteiger partial charge >= 0.3 is 0 Å². The Balaban J connectivity index is 1.84. The van der Waals surface area contributed by atoms with Crippen LogP contribution in [-0.2, 0) is 6.42 Å². The molecule has 0 amide bonds. The highest BCUT2D eigenvalue weighted by atomic mass is 19.1. The standard InChI is InChI=1S/C20H22FN3O/c1-14(25)20(2,11-15-7-4-3-5-8-15)12-22-19-16-9-6-10-17(21)18(16)23-13-24-19/h3-10,13-14,25H,11-12H2,1-2H3,(H,22,23,24). The highest BCUT2D eigenvalue weighted by Gasteiger charge is 2.30. The van der Waals surface area contributed by atoms with E-state index in [2.05, 4.69) is 27.4 Å². The molecule has 0 bridgehead atoms. The van der Waals surface area contributed by atoms with Crippen LogP contribution in [0.4, 0.5) is 10.2 Å². The number of nitrogens with one attached hydrogen (secondary N) is 1. The zero-order chi connectivity index (χ0) is 17.9. The van der Waals surface area contributed by atoms with Gasteiger partial charge in [-0.15, -0.1) is 0 Å². The first-order valence-corrected chi connectivity index (χ1v) is 8.35. The van der Waals surface area contributed by atoms with Gasteiger partial charge in [0.2, 0.25) is 0 Å². The summed E-state index contributed by atoms with van der Waals surface area (Å²) in [6.07, 6.45) is 1.55. The molecule has 0 saturated heterocycles. The molecule has 2 aromatic carbocycles. The van der Waals surface area contributed by atoms with Crippen molar-refractivity contribution in [1.82, 2.24) is 9.97 Å². The minimum absolute atomic E-state index is 0.293. The molecule has 0 fully saturated rings. The number of nitrogens with zero attached hydrogens (tertiary/aromatic N) is 2. The van der Waals surface area contributed by atoms with E-state index in [1.165, 1.54) is 12.4 Å². The number of hydrogen-bond acceptors (Lipinski definition) is 4. The molecule has 0 aliphatic carbocycles. The Bertz CT molecular complexity index is 854. The van der Waals surface area contributed by atoms with Crippen molar-refractivity contribution in [3.05, 3.63) is 66.2 Å². The average molecular weight is 339 g/mol. The molecule has 5 heteroatoms. The second-order valence-corrected chi connectivity index (χ2v) is 6.70. The quantitative estimate of drug-likeness (QED) is 0.717. The number of benzene rings is 2. The number of aliphatic hydroxyl groups is 1. The summed E-state index contributed by atoms with van der Waals surface area (Å²) in [5, 5.41) is 14.2. The first-order chi connectivity index (χ1) is 12.0. The zero-order valence-electron chi connectivity index (χ0n) is 14.4. The predicted molar refractivity (Wildman–Crippen MR) is 97.9 cm³/mol. The third kappa shape index (κ3) is 3.77. The lowest BCUT2D eigenvalue weighted by Crippen LogP contribution is -2.39. The largest absolute Gasteiger partial charge is 0.393 e. The minimum atomic E-state index is -0.523. The lowest BCUT2D eigenvalue weighted by Gasteiger charge is -2.33. The van der Waals surface area contributed by atoms with E-state index in [1.54, 1.807) is 19.1 Å². The lowest BCUT2D eigenvalue weighted by molar-refractivity contribution is 0.0619. The van der Waals surface area contributed by atoms with E-state index in [-0.39, 0.29) is 5.82 Å². The fourth-order valence-electron chi connectivity index (χ4n) is 2.90. The summed E-state index contributed by atoms with van der Waals surface area (Å²) in [4.78, 5) is 8.26. The van der Waals surface area contributed by atoms with Crippen molar-refractivity contribution in [3.63, 3.8) is 0 Å². The molecule has 2 N–H and O–H groups in total. The maximum Gasteiger partial charge on any atom is 0.149 e. The number of para-hydroxylation sites is 1.